The Labute approximate surface area is 189 Å². The van der Waals surface area contributed by atoms with Gasteiger partial charge in [-0.25, -0.2) is 0 Å². The second-order valence-electron chi connectivity index (χ2n) is 8.55. The van der Waals surface area contributed by atoms with Gasteiger partial charge in [-0.3, -0.25) is 4.79 Å². The van der Waals surface area contributed by atoms with Gasteiger partial charge in [-0.2, -0.15) is 0 Å². The number of halogens is 1. The van der Waals surface area contributed by atoms with Crippen molar-refractivity contribution in [1.82, 2.24) is 0 Å². The molecule has 5 heteroatoms. The van der Waals surface area contributed by atoms with Crippen LogP contribution in [-0.4, -0.2) is 16.2 Å². The molecule has 3 unspecified atom stereocenters. The van der Waals surface area contributed by atoms with Crippen molar-refractivity contribution >= 4 is 28.3 Å². The highest BCUT2D eigenvalue weighted by atomic mass is 35.5. The van der Waals surface area contributed by atoms with Crippen LogP contribution in [0.3, 0.4) is 0 Å². The summed E-state index contributed by atoms with van der Waals surface area (Å²) in [7, 11) is 0. The van der Waals surface area contributed by atoms with Crippen LogP contribution in [0.2, 0.25) is 5.02 Å². The van der Waals surface area contributed by atoms with Crippen molar-refractivity contribution in [2.24, 2.45) is 5.92 Å². The highest BCUT2D eigenvalue weighted by Gasteiger charge is 2.62. The molecule has 3 aliphatic carbocycles. The second kappa shape index (κ2) is 6.66. The summed E-state index contributed by atoms with van der Waals surface area (Å²) in [5, 5.41) is 26.3. The topological polar surface area (TPSA) is 66.8 Å². The normalized spacial score (nSPS) is 25.3. The van der Waals surface area contributed by atoms with Crippen molar-refractivity contribution < 1.29 is 19.7 Å². The molecule has 32 heavy (non-hydrogen) atoms. The summed E-state index contributed by atoms with van der Waals surface area (Å²) in [5.41, 5.74) is -0.963. The number of hydrogen-bond acceptors (Lipinski definition) is 4. The molecule has 3 atom stereocenters. The summed E-state index contributed by atoms with van der Waals surface area (Å²) in [4.78, 5) is 13.4. The Hall–Kier alpha value is -3.18. The fourth-order valence-corrected chi connectivity index (χ4v) is 5.54. The maximum atomic E-state index is 13.4. The second-order valence-corrected chi connectivity index (χ2v) is 8.99. The van der Waals surface area contributed by atoms with Crippen LogP contribution < -0.4 is 4.74 Å². The van der Waals surface area contributed by atoms with E-state index in [2.05, 4.69) is 0 Å². The summed E-state index contributed by atoms with van der Waals surface area (Å²) in [6, 6.07) is 25.4. The van der Waals surface area contributed by atoms with E-state index in [0.29, 0.717) is 33.0 Å². The van der Waals surface area contributed by atoms with E-state index >= 15 is 0 Å². The number of aliphatic hydroxyl groups is 2. The summed E-state index contributed by atoms with van der Waals surface area (Å²) in [6.07, 6.45) is 0.000268. The third kappa shape index (κ3) is 2.54. The van der Waals surface area contributed by atoms with Crippen molar-refractivity contribution in [2.75, 3.05) is 0 Å². The van der Waals surface area contributed by atoms with Gasteiger partial charge in [0.05, 0.1) is 5.92 Å². The van der Waals surface area contributed by atoms with E-state index in [-0.39, 0.29) is 6.42 Å². The first kappa shape index (κ1) is 19.5. The van der Waals surface area contributed by atoms with Gasteiger partial charge in [0, 0.05) is 11.4 Å². The number of esters is 1. The number of benzene rings is 4. The lowest BCUT2D eigenvalue weighted by atomic mass is 9.54. The van der Waals surface area contributed by atoms with Crippen LogP contribution in [0.25, 0.3) is 10.8 Å². The molecule has 2 N–H and O–H groups in total. The first-order chi connectivity index (χ1) is 15.4. The molecule has 7 rings (SSSR count). The fraction of sp³-hybridized carbons (Fsp3) is 0.148. The standard InChI is InChI=1S/C27H19ClO4/c28-18-10-12-22-23(14-18)26(30)15-24(27(22,31)21-8-4-3-7-20(21)26)25(29)32-19-11-9-16-5-1-2-6-17(16)13-19/h1-14,24,30-31H,15H2. The molecule has 0 saturated heterocycles. The molecule has 0 aromatic heterocycles. The predicted molar refractivity (Wildman–Crippen MR) is 122 cm³/mol. The quantitative estimate of drug-likeness (QED) is 0.342. The summed E-state index contributed by atoms with van der Waals surface area (Å²) in [5.74, 6) is -1.17. The van der Waals surface area contributed by atoms with Crippen molar-refractivity contribution in [2.45, 2.75) is 17.6 Å². The molecule has 0 fully saturated rings. The molecular formula is C27H19ClO4. The molecule has 2 bridgehead atoms. The SMILES string of the molecule is O=C(Oc1ccc2ccccc2c1)C1CC2(O)c3ccccc3C1(O)c1ccc(Cl)cc12. The van der Waals surface area contributed by atoms with Gasteiger partial charge < -0.3 is 14.9 Å². The van der Waals surface area contributed by atoms with Gasteiger partial charge >= 0.3 is 5.97 Å². The largest absolute Gasteiger partial charge is 0.426 e. The summed E-state index contributed by atoms with van der Waals surface area (Å²) < 4.78 is 5.74. The Morgan fingerprint density at radius 3 is 2.31 bits per heavy atom. The van der Waals surface area contributed by atoms with E-state index < -0.39 is 23.1 Å². The van der Waals surface area contributed by atoms with Crippen LogP contribution in [0.4, 0.5) is 0 Å². The first-order valence-corrected chi connectivity index (χ1v) is 10.8. The van der Waals surface area contributed by atoms with E-state index in [1.807, 2.05) is 36.4 Å². The van der Waals surface area contributed by atoms with Gasteiger partial charge in [-0.05, 0) is 57.3 Å². The Morgan fingerprint density at radius 2 is 1.50 bits per heavy atom. The first-order valence-electron chi connectivity index (χ1n) is 10.5. The van der Waals surface area contributed by atoms with Gasteiger partial charge in [0.15, 0.2) is 0 Å². The molecule has 158 valence electrons. The van der Waals surface area contributed by atoms with Crippen molar-refractivity contribution in [3.8, 4) is 5.75 Å². The molecule has 4 aromatic carbocycles. The maximum Gasteiger partial charge on any atom is 0.318 e. The molecule has 4 aromatic rings. The minimum Gasteiger partial charge on any atom is -0.426 e. The molecular weight excluding hydrogens is 424 g/mol. The van der Waals surface area contributed by atoms with Gasteiger partial charge in [0.25, 0.3) is 0 Å². The van der Waals surface area contributed by atoms with E-state index in [4.69, 9.17) is 16.3 Å². The lowest BCUT2D eigenvalue weighted by Gasteiger charge is -2.53. The minimum atomic E-state index is -1.63. The fourth-order valence-electron chi connectivity index (χ4n) is 5.37. The third-order valence-corrected chi connectivity index (χ3v) is 7.08. The zero-order valence-electron chi connectivity index (χ0n) is 17.0. The summed E-state index contributed by atoms with van der Waals surface area (Å²) in [6.45, 7) is 0. The van der Waals surface area contributed by atoms with Gasteiger partial charge in [0.1, 0.15) is 17.0 Å². The Bertz CT molecular complexity index is 1410. The average molecular weight is 443 g/mol. The minimum absolute atomic E-state index is 0.000268. The molecule has 0 amide bonds. The van der Waals surface area contributed by atoms with Crippen LogP contribution in [-0.2, 0) is 16.0 Å². The van der Waals surface area contributed by atoms with E-state index in [0.717, 1.165) is 10.8 Å². The number of carbonyl (C=O) groups is 1. The van der Waals surface area contributed by atoms with Gasteiger partial charge in [-0.1, -0.05) is 72.3 Å². The zero-order chi connectivity index (χ0) is 22.1. The highest BCUT2D eigenvalue weighted by molar-refractivity contribution is 6.30. The molecule has 0 saturated carbocycles. The number of hydrogen-bond donors (Lipinski definition) is 2. The third-order valence-electron chi connectivity index (χ3n) is 6.85. The van der Waals surface area contributed by atoms with Crippen molar-refractivity contribution in [3.05, 3.63) is 112 Å². The molecule has 0 spiro atoms. The Morgan fingerprint density at radius 1 is 0.812 bits per heavy atom. The van der Waals surface area contributed by atoms with Gasteiger partial charge in [0.2, 0.25) is 0 Å². The monoisotopic (exact) mass is 442 g/mol. The van der Waals surface area contributed by atoms with Crippen molar-refractivity contribution in [1.29, 1.82) is 0 Å². The van der Waals surface area contributed by atoms with Crippen LogP contribution in [0, 0.1) is 5.92 Å². The number of fused-ring (bicyclic) bond motifs is 2. The zero-order valence-corrected chi connectivity index (χ0v) is 17.7. The average Bonchev–Trinajstić information content (AvgIpc) is 2.81. The number of ether oxygens (including phenoxy) is 1. The lowest BCUT2D eigenvalue weighted by Crippen LogP contribution is -2.57. The van der Waals surface area contributed by atoms with Crippen molar-refractivity contribution in [3.63, 3.8) is 0 Å². The van der Waals surface area contributed by atoms with E-state index in [1.54, 1.807) is 48.5 Å². The lowest BCUT2D eigenvalue weighted by molar-refractivity contribution is -0.157. The molecule has 4 nitrogen and oxygen atoms in total. The van der Waals surface area contributed by atoms with E-state index in [1.165, 1.54) is 0 Å². The number of carbonyl (C=O) groups excluding carboxylic acids is 1. The van der Waals surface area contributed by atoms with E-state index in [9.17, 15) is 15.0 Å². The Balaban J connectivity index is 1.46. The van der Waals surface area contributed by atoms with Crippen LogP contribution >= 0.6 is 11.6 Å². The molecule has 0 radical (unpaired) electrons. The highest BCUT2D eigenvalue weighted by Crippen LogP contribution is 2.60. The van der Waals surface area contributed by atoms with Crippen LogP contribution in [0.5, 0.6) is 5.75 Å². The smallest absolute Gasteiger partial charge is 0.318 e. The van der Waals surface area contributed by atoms with Gasteiger partial charge in [-0.15, -0.1) is 0 Å². The summed E-state index contributed by atoms with van der Waals surface area (Å²) >= 11 is 6.22. The maximum absolute atomic E-state index is 13.4. The molecule has 3 aliphatic rings. The molecule has 0 aliphatic heterocycles. The van der Waals surface area contributed by atoms with Crippen LogP contribution in [0.1, 0.15) is 28.7 Å². The number of rotatable bonds is 2. The van der Waals surface area contributed by atoms with Crippen LogP contribution in [0.15, 0.2) is 84.9 Å². The molecule has 0 heterocycles. The Kier molecular flexibility index (Phi) is 4.06. The predicted octanol–water partition coefficient (Wildman–Crippen LogP) is 4.90.